The standard InChI is InChI=1S/C13H22ClN3/c1-8-4-11(7-14)5-9(2)12(8)6-13-15-10(3)16-17-13/h8-9,11-12H,4-7H2,1-3H3,(H,15,16,17). The lowest BCUT2D eigenvalue weighted by molar-refractivity contribution is 0.135. The molecule has 0 bridgehead atoms. The van der Waals surface area contributed by atoms with E-state index >= 15 is 0 Å². The number of H-pyrrole nitrogens is 1. The van der Waals surface area contributed by atoms with Crippen LogP contribution in [0.25, 0.3) is 0 Å². The normalized spacial score (nSPS) is 33.9. The Kier molecular flexibility index (Phi) is 4.08. The Hall–Kier alpha value is -0.570. The minimum Gasteiger partial charge on any atom is -0.263 e. The summed E-state index contributed by atoms with van der Waals surface area (Å²) in [6.45, 7) is 6.65. The first-order chi connectivity index (χ1) is 8.10. The maximum absolute atomic E-state index is 5.99. The van der Waals surface area contributed by atoms with E-state index in [4.69, 9.17) is 11.6 Å². The molecule has 0 spiro atoms. The second kappa shape index (κ2) is 5.38. The molecule has 17 heavy (non-hydrogen) atoms. The molecule has 2 rings (SSSR count). The van der Waals surface area contributed by atoms with Crippen LogP contribution in [-0.2, 0) is 6.42 Å². The molecule has 96 valence electrons. The van der Waals surface area contributed by atoms with Gasteiger partial charge in [0, 0.05) is 12.3 Å². The van der Waals surface area contributed by atoms with Gasteiger partial charge in [0.25, 0.3) is 0 Å². The van der Waals surface area contributed by atoms with Crippen LogP contribution in [0.5, 0.6) is 0 Å². The molecule has 1 fully saturated rings. The number of hydrogen-bond acceptors (Lipinski definition) is 2. The van der Waals surface area contributed by atoms with E-state index in [1.54, 1.807) is 0 Å². The van der Waals surface area contributed by atoms with Gasteiger partial charge in [0.1, 0.15) is 5.82 Å². The van der Waals surface area contributed by atoms with Gasteiger partial charge < -0.3 is 0 Å². The predicted octanol–water partition coefficient (Wildman–Crippen LogP) is 3.19. The summed E-state index contributed by atoms with van der Waals surface area (Å²) >= 11 is 5.99. The molecule has 1 saturated carbocycles. The molecule has 1 aromatic heterocycles. The number of rotatable bonds is 3. The second-order valence-corrected chi connectivity index (χ2v) is 5.96. The van der Waals surface area contributed by atoms with Gasteiger partial charge in [-0.1, -0.05) is 13.8 Å². The van der Waals surface area contributed by atoms with Crippen molar-refractivity contribution in [1.29, 1.82) is 0 Å². The predicted molar refractivity (Wildman–Crippen MR) is 70.1 cm³/mol. The summed E-state index contributed by atoms with van der Waals surface area (Å²) in [5.74, 6) is 5.53. The summed E-state index contributed by atoms with van der Waals surface area (Å²) < 4.78 is 0. The SMILES string of the molecule is Cc1nc(CC2C(C)CC(CCl)CC2C)n[nH]1. The minimum absolute atomic E-state index is 0.699. The third kappa shape index (κ3) is 3.01. The summed E-state index contributed by atoms with van der Waals surface area (Å²) in [6, 6.07) is 0. The molecule has 0 aromatic carbocycles. The average molecular weight is 256 g/mol. The Morgan fingerprint density at radius 2 is 1.94 bits per heavy atom. The quantitative estimate of drug-likeness (QED) is 0.843. The zero-order valence-electron chi connectivity index (χ0n) is 10.9. The molecule has 1 heterocycles. The van der Waals surface area contributed by atoms with Crippen molar-refractivity contribution in [3.8, 4) is 0 Å². The van der Waals surface area contributed by atoms with Crippen LogP contribution in [0.1, 0.15) is 38.3 Å². The van der Waals surface area contributed by atoms with Crippen LogP contribution >= 0.6 is 11.6 Å². The van der Waals surface area contributed by atoms with Crippen molar-refractivity contribution in [3.05, 3.63) is 11.6 Å². The van der Waals surface area contributed by atoms with Crippen molar-refractivity contribution in [1.82, 2.24) is 15.2 Å². The highest BCUT2D eigenvalue weighted by Gasteiger charge is 2.33. The number of aryl methyl sites for hydroxylation is 1. The van der Waals surface area contributed by atoms with E-state index < -0.39 is 0 Å². The monoisotopic (exact) mass is 255 g/mol. The number of halogens is 1. The summed E-state index contributed by atoms with van der Waals surface area (Å²) in [5, 5.41) is 7.18. The van der Waals surface area contributed by atoms with Gasteiger partial charge >= 0.3 is 0 Å². The molecule has 0 radical (unpaired) electrons. The zero-order valence-corrected chi connectivity index (χ0v) is 11.7. The van der Waals surface area contributed by atoms with Crippen LogP contribution < -0.4 is 0 Å². The molecule has 3 nitrogen and oxygen atoms in total. The van der Waals surface area contributed by atoms with Crippen molar-refractivity contribution < 1.29 is 0 Å². The highest BCUT2D eigenvalue weighted by molar-refractivity contribution is 6.18. The van der Waals surface area contributed by atoms with Crippen LogP contribution in [0.3, 0.4) is 0 Å². The van der Waals surface area contributed by atoms with E-state index in [1.165, 1.54) is 12.8 Å². The van der Waals surface area contributed by atoms with Gasteiger partial charge in [-0.05, 0) is 43.4 Å². The Balaban J connectivity index is 2.00. The average Bonchev–Trinajstić information content (AvgIpc) is 2.69. The minimum atomic E-state index is 0.699. The number of nitrogens with zero attached hydrogens (tertiary/aromatic N) is 2. The molecule has 0 aliphatic heterocycles. The summed E-state index contributed by atoms with van der Waals surface area (Å²) in [4.78, 5) is 4.42. The Morgan fingerprint density at radius 3 is 2.41 bits per heavy atom. The van der Waals surface area contributed by atoms with E-state index in [-0.39, 0.29) is 0 Å². The van der Waals surface area contributed by atoms with Gasteiger partial charge in [0.2, 0.25) is 0 Å². The fraction of sp³-hybridized carbons (Fsp3) is 0.846. The summed E-state index contributed by atoms with van der Waals surface area (Å²) in [6.07, 6.45) is 3.51. The van der Waals surface area contributed by atoms with Crippen molar-refractivity contribution in [2.24, 2.45) is 23.7 Å². The maximum Gasteiger partial charge on any atom is 0.150 e. The lowest BCUT2D eigenvalue weighted by Gasteiger charge is -2.38. The van der Waals surface area contributed by atoms with Gasteiger partial charge in [0.15, 0.2) is 5.82 Å². The smallest absolute Gasteiger partial charge is 0.150 e. The molecule has 0 saturated heterocycles. The number of nitrogens with one attached hydrogen (secondary N) is 1. The largest absolute Gasteiger partial charge is 0.263 e. The van der Waals surface area contributed by atoms with Gasteiger partial charge in [-0.25, -0.2) is 4.98 Å². The van der Waals surface area contributed by atoms with E-state index in [9.17, 15) is 0 Å². The van der Waals surface area contributed by atoms with Crippen molar-refractivity contribution in [2.75, 3.05) is 5.88 Å². The topological polar surface area (TPSA) is 41.6 Å². The summed E-state index contributed by atoms with van der Waals surface area (Å²) in [5.41, 5.74) is 0. The fourth-order valence-corrected chi connectivity index (χ4v) is 3.53. The Labute approximate surface area is 108 Å². The lowest BCUT2D eigenvalue weighted by Crippen LogP contribution is -2.32. The highest BCUT2D eigenvalue weighted by atomic mass is 35.5. The first-order valence-corrected chi connectivity index (χ1v) is 7.07. The highest BCUT2D eigenvalue weighted by Crippen LogP contribution is 2.39. The molecule has 1 N–H and O–H groups in total. The van der Waals surface area contributed by atoms with Crippen molar-refractivity contribution in [2.45, 2.75) is 40.0 Å². The molecule has 1 aliphatic rings. The Bertz CT molecular complexity index is 351. The van der Waals surface area contributed by atoms with Gasteiger partial charge in [0.05, 0.1) is 0 Å². The molecular weight excluding hydrogens is 234 g/mol. The number of hydrogen-bond donors (Lipinski definition) is 1. The second-order valence-electron chi connectivity index (χ2n) is 5.65. The van der Waals surface area contributed by atoms with Crippen molar-refractivity contribution in [3.63, 3.8) is 0 Å². The van der Waals surface area contributed by atoms with Crippen LogP contribution in [0.15, 0.2) is 0 Å². The van der Waals surface area contributed by atoms with E-state index in [2.05, 4.69) is 29.0 Å². The fourth-order valence-electron chi connectivity index (χ4n) is 3.28. The number of alkyl halides is 1. The van der Waals surface area contributed by atoms with Crippen LogP contribution in [0.4, 0.5) is 0 Å². The molecule has 1 aliphatic carbocycles. The first kappa shape index (κ1) is 12.9. The third-order valence-corrected chi connectivity index (χ3v) is 4.59. The number of aromatic nitrogens is 3. The molecule has 1 aromatic rings. The van der Waals surface area contributed by atoms with E-state index in [1.807, 2.05) is 6.92 Å². The van der Waals surface area contributed by atoms with Gasteiger partial charge in [-0.3, -0.25) is 5.10 Å². The van der Waals surface area contributed by atoms with Crippen LogP contribution in [0, 0.1) is 30.6 Å². The zero-order chi connectivity index (χ0) is 12.4. The molecule has 0 amide bonds. The summed E-state index contributed by atoms with van der Waals surface area (Å²) in [7, 11) is 0. The molecule has 4 heteroatoms. The van der Waals surface area contributed by atoms with Gasteiger partial charge in [-0.15, -0.1) is 11.6 Å². The van der Waals surface area contributed by atoms with Gasteiger partial charge in [-0.2, -0.15) is 5.10 Å². The molecule has 2 unspecified atom stereocenters. The molecular formula is C13H22ClN3. The van der Waals surface area contributed by atoms with Crippen LogP contribution in [0.2, 0.25) is 0 Å². The van der Waals surface area contributed by atoms with E-state index in [0.29, 0.717) is 11.8 Å². The van der Waals surface area contributed by atoms with Crippen molar-refractivity contribution >= 4 is 11.6 Å². The van der Waals surface area contributed by atoms with E-state index in [0.717, 1.165) is 35.8 Å². The maximum atomic E-state index is 5.99. The lowest BCUT2D eigenvalue weighted by atomic mass is 9.68. The molecule has 2 atom stereocenters. The first-order valence-electron chi connectivity index (χ1n) is 6.54. The third-order valence-electron chi connectivity index (χ3n) is 4.15. The Morgan fingerprint density at radius 1 is 1.29 bits per heavy atom. The van der Waals surface area contributed by atoms with Crippen LogP contribution in [-0.4, -0.2) is 21.1 Å². The number of aromatic amines is 1.